The molecule has 8 saturated carbocycles. The minimum Gasteiger partial charge on any atom is -0.393 e. The molecule has 0 amide bonds. The van der Waals surface area contributed by atoms with Crippen LogP contribution in [0.2, 0.25) is 0 Å². The number of hydrogen-bond donors (Lipinski definition) is 4. The number of carbonyl (C=O) groups excluding carboxylic acids is 4. The Balaban J connectivity index is 0.000000162. The maximum absolute atomic E-state index is 16.7. The summed E-state index contributed by atoms with van der Waals surface area (Å²) in [5, 5.41) is 39.0. The van der Waals surface area contributed by atoms with Crippen LogP contribution in [-0.4, -0.2) is 74.6 Å². The SMILES string of the molecule is C[C@H]1C[C@H]2[C@@H]3CC[C@H](C(=O)CO)[C@@]3(C)CC(=O)[C@@H]2[C@@]2(C)CC[C@@H](O)C[C@@H]12.C[C@]12CC(=O)[C@@]3(F)[C@@H](CC[C@@H]4C[C@@H](O)CC[C@@]43C)[C@@H]1CC[C@@H]2C(=O)CO. The van der Waals surface area contributed by atoms with Gasteiger partial charge in [-0.25, -0.2) is 4.39 Å². The monoisotopic (exact) mass is 728 g/mol. The van der Waals surface area contributed by atoms with Gasteiger partial charge >= 0.3 is 0 Å². The molecule has 9 heteroatoms. The molecule has 0 unspecified atom stereocenters. The average Bonchev–Trinajstić information content (AvgIpc) is 3.62. The van der Waals surface area contributed by atoms with Crippen molar-refractivity contribution in [3.8, 4) is 0 Å². The molecule has 4 N–H and O–H groups in total. The lowest BCUT2D eigenvalue weighted by Gasteiger charge is -2.62. The molecule has 0 heterocycles. The highest BCUT2D eigenvalue weighted by Crippen LogP contribution is 2.70. The molecule has 17 atom stereocenters. The Morgan fingerprint density at radius 2 is 1.23 bits per heavy atom. The summed E-state index contributed by atoms with van der Waals surface area (Å²) in [5.74, 6) is 0.819. The second-order valence-corrected chi connectivity index (χ2v) is 20.3. The van der Waals surface area contributed by atoms with Gasteiger partial charge in [0.15, 0.2) is 23.0 Å². The number of hydrogen-bond acceptors (Lipinski definition) is 8. The fourth-order valence-corrected chi connectivity index (χ4v) is 15.8. The molecule has 8 aliphatic rings. The Bertz CT molecular complexity index is 1470. The van der Waals surface area contributed by atoms with Gasteiger partial charge < -0.3 is 20.4 Å². The van der Waals surface area contributed by atoms with Crippen molar-refractivity contribution >= 4 is 23.1 Å². The second-order valence-electron chi connectivity index (χ2n) is 20.3. The van der Waals surface area contributed by atoms with Gasteiger partial charge in [-0.3, -0.25) is 19.2 Å². The third-order valence-corrected chi connectivity index (χ3v) is 18.2. The van der Waals surface area contributed by atoms with E-state index in [9.17, 15) is 39.6 Å². The molecule has 292 valence electrons. The molecule has 0 aliphatic heterocycles. The van der Waals surface area contributed by atoms with Gasteiger partial charge in [0.1, 0.15) is 19.0 Å². The fraction of sp³-hybridized carbons (Fsp3) is 0.907. The normalized spacial score (nSPS) is 53.6. The largest absolute Gasteiger partial charge is 0.393 e. The third-order valence-electron chi connectivity index (χ3n) is 18.2. The summed E-state index contributed by atoms with van der Waals surface area (Å²) in [5.41, 5.74) is -3.33. The Labute approximate surface area is 309 Å². The summed E-state index contributed by atoms with van der Waals surface area (Å²) in [6.07, 6.45) is 10.1. The molecule has 52 heavy (non-hydrogen) atoms. The van der Waals surface area contributed by atoms with Gasteiger partial charge in [-0.1, -0.05) is 34.6 Å². The van der Waals surface area contributed by atoms with E-state index in [-0.39, 0.29) is 82.3 Å². The number of ketones is 4. The highest BCUT2D eigenvalue weighted by atomic mass is 19.1. The van der Waals surface area contributed by atoms with Crippen molar-refractivity contribution in [3.05, 3.63) is 0 Å². The van der Waals surface area contributed by atoms with E-state index in [1.54, 1.807) is 0 Å². The zero-order chi connectivity index (χ0) is 37.8. The average molecular weight is 729 g/mol. The molecule has 0 radical (unpaired) electrons. The second kappa shape index (κ2) is 13.3. The van der Waals surface area contributed by atoms with E-state index in [1.807, 2.05) is 13.8 Å². The summed E-state index contributed by atoms with van der Waals surface area (Å²) >= 11 is 0. The number of Topliss-reactive ketones (excluding diaryl/α,β-unsaturated/α-hetero) is 4. The van der Waals surface area contributed by atoms with E-state index >= 15 is 4.39 Å². The predicted molar refractivity (Wildman–Crippen MR) is 192 cm³/mol. The van der Waals surface area contributed by atoms with E-state index < -0.39 is 29.7 Å². The molecule has 8 rings (SSSR count). The first-order chi connectivity index (χ1) is 24.4. The third kappa shape index (κ3) is 5.38. The lowest BCUT2D eigenvalue weighted by molar-refractivity contribution is -0.201. The van der Waals surface area contributed by atoms with Gasteiger partial charge in [-0.05, 0) is 135 Å². The van der Waals surface area contributed by atoms with Crippen LogP contribution in [0.25, 0.3) is 0 Å². The van der Waals surface area contributed by atoms with Crippen molar-refractivity contribution in [1.82, 2.24) is 0 Å². The van der Waals surface area contributed by atoms with E-state index in [4.69, 9.17) is 0 Å². The van der Waals surface area contributed by atoms with Crippen molar-refractivity contribution in [1.29, 1.82) is 0 Å². The minimum atomic E-state index is -1.84. The van der Waals surface area contributed by atoms with Crippen molar-refractivity contribution in [2.45, 2.75) is 149 Å². The Morgan fingerprint density at radius 1 is 0.673 bits per heavy atom. The first kappa shape index (κ1) is 38.7. The number of carbonyl (C=O) groups is 4. The van der Waals surface area contributed by atoms with Crippen LogP contribution < -0.4 is 0 Å². The summed E-state index contributed by atoms with van der Waals surface area (Å²) in [6, 6.07) is 0. The summed E-state index contributed by atoms with van der Waals surface area (Å²) in [4.78, 5) is 51.3. The number of alkyl halides is 1. The zero-order valence-corrected chi connectivity index (χ0v) is 32.2. The molecule has 8 aliphatic carbocycles. The topological polar surface area (TPSA) is 149 Å². The van der Waals surface area contributed by atoms with Crippen LogP contribution in [0.15, 0.2) is 0 Å². The molecular weight excluding hydrogens is 663 g/mol. The summed E-state index contributed by atoms with van der Waals surface area (Å²) in [7, 11) is 0. The van der Waals surface area contributed by atoms with Gasteiger partial charge in [0.05, 0.1) is 12.2 Å². The van der Waals surface area contributed by atoms with E-state index in [0.29, 0.717) is 68.0 Å². The molecule has 8 nitrogen and oxygen atoms in total. The standard InChI is InChI=1S/C22H34O4.C21H31FO4/c1-12-8-14-15-4-5-16(19(26)11-23)22(15,3)10-18(25)20(14)21(2)7-6-13(24)9-17(12)21;1-19-10-18(26)21(22)15(14(19)5-6-16(19)17(25)11-23)4-3-12-9-13(24)7-8-20(12,21)2/h12-17,20,23-24H,4-11H2,1-3H3;12-16,23-24H,3-11H2,1-2H3/t12-,13+,14-,15-,16+,17-,20+,21-,22-;12-,13+,14+,15+,16-,19+,20+,21+/m01/s1. The zero-order valence-electron chi connectivity index (χ0n) is 32.2. The predicted octanol–water partition coefficient (Wildman–Crippen LogP) is 5.83. The minimum absolute atomic E-state index is 0.000942. The van der Waals surface area contributed by atoms with Crippen LogP contribution >= 0.6 is 0 Å². The molecule has 0 spiro atoms. The van der Waals surface area contributed by atoms with Crippen molar-refractivity contribution in [2.24, 2.45) is 80.8 Å². The van der Waals surface area contributed by atoms with Crippen molar-refractivity contribution in [2.75, 3.05) is 13.2 Å². The highest BCUT2D eigenvalue weighted by Gasteiger charge is 2.72. The number of aliphatic hydroxyl groups excluding tert-OH is 4. The van der Waals surface area contributed by atoms with Gasteiger partial charge in [0.25, 0.3) is 0 Å². The number of fused-ring (bicyclic) bond motifs is 10. The maximum atomic E-state index is 16.7. The van der Waals surface area contributed by atoms with Crippen LogP contribution in [0.1, 0.15) is 131 Å². The highest BCUT2D eigenvalue weighted by molar-refractivity contribution is 5.92. The van der Waals surface area contributed by atoms with E-state index in [0.717, 1.165) is 51.4 Å². The van der Waals surface area contributed by atoms with Crippen molar-refractivity contribution < 1.29 is 44.0 Å². The number of halogens is 1. The molecule has 0 aromatic heterocycles. The van der Waals surface area contributed by atoms with Crippen LogP contribution in [0, 0.1) is 80.8 Å². The van der Waals surface area contributed by atoms with Gasteiger partial charge in [0, 0.05) is 41.9 Å². The molecule has 0 aromatic rings. The smallest absolute Gasteiger partial charge is 0.177 e. The van der Waals surface area contributed by atoms with Gasteiger partial charge in [-0.15, -0.1) is 0 Å². The van der Waals surface area contributed by atoms with Crippen LogP contribution in [0.3, 0.4) is 0 Å². The maximum Gasteiger partial charge on any atom is 0.177 e. The summed E-state index contributed by atoms with van der Waals surface area (Å²) in [6.45, 7) is 9.76. The molecule has 8 fully saturated rings. The van der Waals surface area contributed by atoms with Gasteiger partial charge in [-0.2, -0.15) is 0 Å². The lowest BCUT2D eigenvalue weighted by Crippen LogP contribution is -2.67. The lowest BCUT2D eigenvalue weighted by atomic mass is 9.42. The molecule has 0 bridgehead atoms. The van der Waals surface area contributed by atoms with Crippen molar-refractivity contribution in [3.63, 3.8) is 0 Å². The van der Waals surface area contributed by atoms with E-state index in [1.165, 1.54) is 0 Å². The van der Waals surface area contributed by atoms with Crippen LogP contribution in [0.5, 0.6) is 0 Å². The number of rotatable bonds is 4. The fourth-order valence-electron chi connectivity index (χ4n) is 15.8. The summed E-state index contributed by atoms with van der Waals surface area (Å²) < 4.78 is 16.7. The molecule has 0 aromatic carbocycles. The van der Waals surface area contributed by atoms with Crippen LogP contribution in [-0.2, 0) is 19.2 Å². The van der Waals surface area contributed by atoms with E-state index in [2.05, 4.69) is 20.8 Å². The van der Waals surface area contributed by atoms with Gasteiger partial charge in [0.2, 0.25) is 0 Å². The Hall–Kier alpha value is -1.55. The van der Waals surface area contributed by atoms with Crippen LogP contribution in [0.4, 0.5) is 4.39 Å². The first-order valence-electron chi connectivity index (χ1n) is 20.8. The number of aliphatic hydroxyl groups is 4. The molecule has 0 saturated heterocycles. The Kier molecular flexibility index (Phi) is 9.90. The quantitative estimate of drug-likeness (QED) is 0.283. The molecular formula is C43H65FO8. The first-order valence-corrected chi connectivity index (χ1v) is 20.8. The Morgan fingerprint density at radius 3 is 1.87 bits per heavy atom.